The number of aromatic nitrogens is 2. The Balaban J connectivity index is 2.31. The summed E-state index contributed by atoms with van der Waals surface area (Å²) >= 11 is 0. The first kappa shape index (κ1) is 12.8. The fourth-order valence-corrected chi connectivity index (χ4v) is 3.19. The standard InChI is InChI=1S/C18H14N2O2/c1-20-16-12-7-4-3-6-11(12)15(18(21)22-2)10-14(16)13-8-5-9-19-17(13)20/h3-10H,1-2H3. The number of aryl methyl sites for hydroxylation is 1. The van der Waals surface area contributed by atoms with E-state index in [0.717, 1.165) is 32.7 Å². The molecule has 2 heterocycles. The van der Waals surface area contributed by atoms with E-state index in [-0.39, 0.29) is 5.97 Å². The van der Waals surface area contributed by atoms with Gasteiger partial charge in [0.2, 0.25) is 0 Å². The number of rotatable bonds is 1. The highest BCUT2D eigenvalue weighted by Gasteiger charge is 2.18. The van der Waals surface area contributed by atoms with Crippen LogP contribution in [0.3, 0.4) is 0 Å². The summed E-state index contributed by atoms with van der Waals surface area (Å²) in [4.78, 5) is 16.6. The van der Waals surface area contributed by atoms with Crippen LogP contribution in [0.2, 0.25) is 0 Å². The minimum atomic E-state index is -0.320. The SMILES string of the molecule is COC(=O)c1cc2c3cccnc3n(C)c2c2ccccc12. The number of pyridine rings is 1. The number of methoxy groups -OCH3 is 1. The van der Waals surface area contributed by atoms with E-state index in [2.05, 4.69) is 9.55 Å². The number of hydrogen-bond acceptors (Lipinski definition) is 3. The molecule has 4 rings (SSSR count). The average molecular weight is 290 g/mol. The lowest BCUT2D eigenvalue weighted by molar-refractivity contribution is 0.0603. The molecule has 0 spiro atoms. The molecule has 4 heteroatoms. The van der Waals surface area contributed by atoms with Crippen molar-refractivity contribution >= 4 is 38.7 Å². The molecule has 0 radical (unpaired) electrons. The minimum absolute atomic E-state index is 0.320. The number of carbonyl (C=O) groups excluding carboxylic acids is 1. The summed E-state index contributed by atoms with van der Waals surface area (Å²) in [5, 5.41) is 3.98. The molecule has 0 N–H and O–H groups in total. The smallest absolute Gasteiger partial charge is 0.338 e. The Morgan fingerprint density at radius 2 is 1.77 bits per heavy atom. The Hall–Kier alpha value is -2.88. The molecule has 22 heavy (non-hydrogen) atoms. The van der Waals surface area contributed by atoms with Crippen molar-refractivity contribution in [1.82, 2.24) is 9.55 Å². The van der Waals surface area contributed by atoms with Crippen LogP contribution in [0, 0.1) is 0 Å². The van der Waals surface area contributed by atoms with E-state index in [1.807, 2.05) is 49.5 Å². The van der Waals surface area contributed by atoms with Crippen LogP contribution < -0.4 is 0 Å². The molecular formula is C18H14N2O2. The third-order valence-corrected chi connectivity index (χ3v) is 4.15. The Kier molecular flexibility index (Phi) is 2.66. The molecule has 4 aromatic rings. The quantitative estimate of drug-likeness (QED) is 0.502. The third kappa shape index (κ3) is 1.58. The molecule has 2 aromatic carbocycles. The number of carbonyl (C=O) groups is 1. The van der Waals surface area contributed by atoms with Crippen molar-refractivity contribution in [3.8, 4) is 0 Å². The van der Waals surface area contributed by atoms with E-state index in [9.17, 15) is 4.79 Å². The van der Waals surface area contributed by atoms with Crippen molar-refractivity contribution in [3.05, 3.63) is 54.2 Å². The highest BCUT2D eigenvalue weighted by atomic mass is 16.5. The van der Waals surface area contributed by atoms with Gasteiger partial charge < -0.3 is 9.30 Å². The van der Waals surface area contributed by atoms with Gasteiger partial charge in [-0.05, 0) is 23.6 Å². The fourth-order valence-electron chi connectivity index (χ4n) is 3.19. The molecule has 0 fully saturated rings. The van der Waals surface area contributed by atoms with Gasteiger partial charge in [-0.25, -0.2) is 9.78 Å². The first-order chi connectivity index (χ1) is 10.7. The molecule has 0 bridgehead atoms. The van der Waals surface area contributed by atoms with Gasteiger partial charge in [0.1, 0.15) is 5.65 Å². The summed E-state index contributed by atoms with van der Waals surface area (Å²) < 4.78 is 7.03. The van der Waals surface area contributed by atoms with Crippen LogP contribution in [-0.2, 0) is 11.8 Å². The number of ether oxygens (including phenoxy) is 1. The number of nitrogens with zero attached hydrogens (tertiary/aromatic N) is 2. The largest absolute Gasteiger partial charge is 0.465 e. The van der Waals surface area contributed by atoms with Crippen molar-refractivity contribution in [2.24, 2.45) is 7.05 Å². The van der Waals surface area contributed by atoms with E-state index < -0.39 is 0 Å². The molecule has 0 atom stereocenters. The van der Waals surface area contributed by atoms with Crippen molar-refractivity contribution in [1.29, 1.82) is 0 Å². The number of fused-ring (bicyclic) bond motifs is 5. The lowest BCUT2D eigenvalue weighted by atomic mass is 10.0. The van der Waals surface area contributed by atoms with Gasteiger partial charge in [0, 0.05) is 29.4 Å². The second-order valence-corrected chi connectivity index (χ2v) is 5.29. The zero-order chi connectivity index (χ0) is 15.3. The summed E-state index contributed by atoms with van der Waals surface area (Å²) in [6.07, 6.45) is 1.78. The van der Waals surface area contributed by atoms with Crippen molar-refractivity contribution in [2.45, 2.75) is 0 Å². The van der Waals surface area contributed by atoms with E-state index in [1.165, 1.54) is 7.11 Å². The van der Waals surface area contributed by atoms with E-state index in [4.69, 9.17) is 4.74 Å². The summed E-state index contributed by atoms with van der Waals surface area (Å²) in [6.45, 7) is 0. The molecule has 108 valence electrons. The summed E-state index contributed by atoms with van der Waals surface area (Å²) in [7, 11) is 3.41. The van der Waals surface area contributed by atoms with Gasteiger partial charge in [0.05, 0.1) is 18.2 Å². The molecule has 0 aliphatic heterocycles. The Labute approximate surface area is 126 Å². The third-order valence-electron chi connectivity index (χ3n) is 4.15. The van der Waals surface area contributed by atoms with Gasteiger partial charge in [0.15, 0.2) is 0 Å². The zero-order valence-corrected chi connectivity index (χ0v) is 12.3. The minimum Gasteiger partial charge on any atom is -0.465 e. The number of esters is 1. The first-order valence-corrected chi connectivity index (χ1v) is 7.05. The van der Waals surface area contributed by atoms with Crippen LogP contribution in [-0.4, -0.2) is 22.6 Å². The molecular weight excluding hydrogens is 276 g/mol. The predicted molar refractivity (Wildman–Crippen MR) is 87.1 cm³/mol. The second kappa shape index (κ2) is 4.56. The summed E-state index contributed by atoms with van der Waals surface area (Å²) in [5.74, 6) is -0.320. The van der Waals surface area contributed by atoms with Gasteiger partial charge in [-0.1, -0.05) is 24.3 Å². The van der Waals surface area contributed by atoms with Crippen molar-refractivity contribution in [3.63, 3.8) is 0 Å². The van der Waals surface area contributed by atoms with Gasteiger partial charge in [-0.3, -0.25) is 0 Å². The van der Waals surface area contributed by atoms with Gasteiger partial charge >= 0.3 is 5.97 Å². The Morgan fingerprint density at radius 3 is 2.55 bits per heavy atom. The molecule has 2 aromatic heterocycles. The van der Waals surface area contributed by atoms with Crippen LogP contribution in [0.25, 0.3) is 32.7 Å². The van der Waals surface area contributed by atoms with Gasteiger partial charge in [-0.15, -0.1) is 0 Å². The van der Waals surface area contributed by atoms with Crippen LogP contribution in [0.4, 0.5) is 0 Å². The van der Waals surface area contributed by atoms with E-state index in [1.54, 1.807) is 6.20 Å². The maximum atomic E-state index is 12.2. The van der Waals surface area contributed by atoms with Gasteiger partial charge in [-0.2, -0.15) is 0 Å². The van der Waals surface area contributed by atoms with Crippen LogP contribution in [0.1, 0.15) is 10.4 Å². The normalized spacial score (nSPS) is 11.4. The van der Waals surface area contributed by atoms with Crippen LogP contribution in [0.5, 0.6) is 0 Å². The fraction of sp³-hybridized carbons (Fsp3) is 0.111. The highest BCUT2D eigenvalue weighted by molar-refractivity contribution is 6.21. The topological polar surface area (TPSA) is 44.1 Å². The lowest BCUT2D eigenvalue weighted by Crippen LogP contribution is -2.02. The molecule has 0 saturated carbocycles. The lowest BCUT2D eigenvalue weighted by Gasteiger charge is -2.08. The molecule has 4 nitrogen and oxygen atoms in total. The Morgan fingerprint density at radius 1 is 1.05 bits per heavy atom. The zero-order valence-electron chi connectivity index (χ0n) is 12.3. The van der Waals surface area contributed by atoms with Crippen LogP contribution in [0.15, 0.2) is 48.7 Å². The maximum Gasteiger partial charge on any atom is 0.338 e. The summed E-state index contributed by atoms with van der Waals surface area (Å²) in [6, 6.07) is 13.7. The molecule has 0 unspecified atom stereocenters. The maximum absolute atomic E-state index is 12.2. The summed E-state index contributed by atoms with van der Waals surface area (Å²) in [5.41, 5.74) is 2.57. The highest BCUT2D eigenvalue weighted by Crippen LogP contribution is 2.34. The molecule has 0 amide bonds. The van der Waals surface area contributed by atoms with Gasteiger partial charge in [0.25, 0.3) is 0 Å². The predicted octanol–water partition coefficient (Wildman–Crippen LogP) is 3.67. The number of benzene rings is 2. The number of hydrogen-bond donors (Lipinski definition) is 0. The van der Waals surface area contributed by atoms with Crippen molar-refractivity contribution in [2.75, 3.05) is 7.11 Å². The Bertz CT molecular complexity index is 1050. The molecule has 0 aliphatic rings. The molecule has 0 aliphatic carbocycles. The van der Waals surface area contributed by atoms with E-state index in [0.29, 0.717) is 5.56 Å². The average Bonchev–Trinajstić information content (AvgIpc) is 2.87. The monoisotopic (exact) mass is 290 g/mol. The second-order valence-electron chi connectivity index (χ2n) is 5.29. The first-order valence-electron chi connectivity index (χ1n) is 7.05. The van der Waals surface area contributed by atoms with E-state index >= 15 is 0 Å². The molecule has 0 saturated heterocycles. The van der Waals surface area contributed by atoms with Crippen molar-refractivity contribution < 1.29 is 9.53 Å². The van der Waals surface area contributed by atoms with Crippen LogP contribution >= 0.6 is 0 Å².